The van der Waals surface area contributed by atoms with Gasteiger partial charge in [-0.15, -0.1) is 0 Å². The van der Waals surface area contributed by atoms with Gasteiger partial charge in [0.25, 0.3) is 11.8 Å². The standard InChI is InChI=1S/C44H66N12O10/c1-24(2)10-12-26-30(64-22-34(57)55-28(41(61)51-18-14-45)8-6-16-53-43(47)48)20-32-37(38(26)59)39(60)36-27(13-11-25(3)4)40(63-5)33(21-31(36)66-32)65-23-35(58)56-29(42(62)52-19-15-46)9-7-17-54-44(49)50/h10-11,20-21,28-29,59H,6-9,12-19,22-23,45-46H2,1-5H3,(H,51,61)(H,52,62)(H,55,57)(H,56,58)(H4,47,48,53)(H4,49,50,54)/p+1. The molecule has 3 rings (SSSR count). The van der Waals surface area contributed by atoms with Crippen molar-refractivity contribution in [1.29, 1.82) is 0 Å². The van der Waals surface area contributed by atoms with Crippen LogP contribution in [0.1, 0.15) is 64.5 Å². The Morgan fingerprint density at radius 1 is 0.742 bits per heavy atom. The summed E-state index contributed by atoms with van der Waals surface area (Å²) in [6.07, 6.45) is 5.26. The van der Waals surface area contributed by atoms with Gasteiger partial charge in [0.1, 0.15) is 34.6 Å². The smallest absolute Gasteiger partial charge is 0.366 e. The number of phenols is 1. The van der Waals surface area contributed by atoms with Gasteiger partial charge < -0.3 is 79.4 Å². The number of methoxy groups -OCH3 is 1. The zero-order valence-corrected chi connectivity index (χ0v) is 38.4. The van der Waals surface area contributed by atoms with Crippen LogP contribution in [-0.4, -0.2) is 117 Å². The average Bonchev–Trinajstić information content (AvgIpc) is 3.26. The number of ether oxygens (including phenoxy) is 3. The lowest BCUT2D eigenvalue weighted by Crippen LogP contribution is -2.49. The van der Waals surface area contributed by atoms with Gasteiger partial charge in [0.2, 0.25) is 11.8 Å². The van der Waals surface area contributed by atoms with E-state index in [1.54, 1.807) is 0 Å². The lowest BCUT2D eigenvalue weighted by molar-refractivity contribution is -0.130. The summed E-state index contributed by atoms with van der Waals surface area (Å²) in [5, 5.41) is 22.8. The van der Waals surface area contributed by atoms with E-state index >= 15 is 0 Å². The third-order valence-electron chi connectivity index (χ3n) is 9.76. The minimum atomic E-state index is -0.959. The lowest BCUT2D eigenvalue weighted by atomic mass is 9.98. The molecule has 0 saturated heterocycles. The van der Waals surface area contributed by atoms with Crippen LogP contribution >= 0.6 is 0 Å². The Kier molecular flexibility index (Phi) is 21.5. The van der Waals surface area contributed by atoms with Crippen LogP contribution in [0.4, 0.5) is 0 Å². The third kappa shape index (κ3) is 16.2. The van der Waals surface area contributed by atoms with Gasteiger partial charge in [-0.1, -0.05) is 23.3 Å². The van der Waals surface area contributed by atoms with Crippen molar-refractivity contribution in [2.24, 2.45) is 44.4 Å². The topological polar surface area (TPSA) is 380 Å². The number of guanidine groups is 2. The summed E-state index contributed by atoms with van der Waals surface area (Å²) >= 11 is 0. The van der Waals surface area contributed by atoms with Gasteiger partial charge in [0, 0.05) is 62.5 Å². The number of rotatable bonds is 27. The number of amides is 4. The van der Waals surface area contributed by atoms with E-state index in [9.17, 15) is 29.1 Å². The maximum Gasteiger partial charge on any atom is 0.366 e. The van der Waals surface area contributed by atoms with Gasteiger partial charge in [-0.05, 0) is 66.2 Å². The van der Waals surface area contributed by atoms with Crippen molar-refractivity contribution in [3.05, 3.63) is 52.0 Å². The molecule has 0 aliphatic heterocycles. The Morgan fingerprint density at radius 3 is 1.65 bits per heavy atom. The van der Waals surface area contributed by atoms with Gasteiger partial charge in [0.05, 0.1) is 7.11 Å². The summed E-state index contributed by atoms with van der Waals surface area (Å²) in [7, 11) is 1.40. The van der Waals surface area contributed by atoms with Gasteiger partial charge in [-0.3, -0.25) is 34.0 Å². The number of allylic oxidation sites excluding steroid dienone is 4. The highest BCUT2D eigenvalue weighted by Gasteiger charge is 2.29. The number of phenolic OH excluding ortho intramolecular Hbond substituents is 1. The molecule has 2 atom stereocenters. The maximum atomic E-state index is 13.3. The van der Waals surface area contributed by atoms with Crippen LogP contribution in [-0.2, 0) is 32.0 Å². The fraction of sp³-hybridized carbons (Fsp3) is 0.477. The van der Waals surface area contributed by atoms with E-state index in [1.165, 1.54) is 19.2 Å². The zero-order chi connectivity index (χ0) is 48.9. The number of nitrogens with two attached hydrogens (primary N) is 6. The molecule has 2 aromatic carbocycles. The lowest BCUT2D eigenvalue weighted by Gasteiger charge is -2.20. The highest BCUT2D eigenvalue weighted by molar-refractivity contribution is 5.98. The van der Waals surface area contributed by atoms with Gasteiger partial charge in [-0.25, -0.2) is 0 Å². The number of benzene rings is 2. The van der Waals surface area contributed by atoms with Crippen LogP contribution in [0.3, 0.4) is 0 Å². The molecule has 0 aliphatic rings. The molecular formula is C44H67N12O10+. The molecule has 66 heavy (non-hydrogen) atoms. The maximum absolute atomic E-state index is 13.3. The van der Waals surface area contributed by atoms with Crippen LogP contribution in [0.2, 0.25) is 0 Å². The molecule has 1 aromatic heterocycles. The number of fused-ring (bicyclic) bond motifs is 2. The molecule has 0 radical (unpaired) electrons. The number of aromatic hydroxyl groups is 1. The fourth-order valence-corrected chi connectivity index (χ4v) is 6.63. The molecule has 22 heteroatoms. The minimum Gasteiger partial charge on any atom is -0.506 e. The number of aliphatic imine (C=N–C) groups is 2. The largest absolute Gasteiger partial charge is 0.506 e. The second-order valence-corrected chi connectivity index (χ2v) is 15.6. The number of carbonyl (C=O) groups is 4. The van der Waals surface area contributed by atoms with E-state index in [1.807, 2.05) is 39.8 Å². The first kappa shape index (κ1) is 53.3. The first-order valence-corrected chi connectivity index (χ1v) is 21.5. The van der Waals surface area contributed by atoms with Crippen LogP contribution in [0.15, 0.2) is 49.8 Å². The summed E-state index contributed by atoms with van der Waals surface area (Å²) in [6, 6.07) is 0.957. The Bertz CT molecular complexity index is 2360. The van der Waals surface area contributed by atoms with Crippen LogP contribution in [0.25, 0.3) is 21.9 Å². The molecule has 3 aromatic rings. The third-order valence-corrected chi connectivity index (χ3v) is 9.76. The summed E-state index contributed by atoms with van der Waals surface area (Å²) in [4.78, 5) is 72.4. The molecule has 0 saturated carbocycles. The summed E-state index contributed by atoms with van der Waals surface area (Å²) in [5.74, 6) is -2.46. The number of nitrogens with one attached hydrogen (secondary N) is 4. The molecule has 1 heterocycles. The number of nitrogens with zero attached hydrogens (tertiary/aromatic N) is 2. The van der Waals surface area contributed by atoms with E-state index in [0.717, 1.165) is 11.1 Å². The molecule has 0 fully saturated rings. The first-order chi connectivity index (χ1) is 31.4. The van der Waals surface area contributed by atoms with Crippen LogP contribution in [0.5, 0.6) is 23.0 Å². The molecule has 0 aliphatic carbocycles. The average molecular weight is 924 g/mol. The number of hydrogen-bond donors (Lipinski definition) is 11. The summed E-state index contributed by atoms with van der Waals surface area (Å²) < 4.78 is 24.3. The van der Waals surface area contributed by atoms with Crippen LogP contribution < -0.4 is 75.3 Å². The molecule has 0 bridgehead atoms. The molecule has 362 valence electrons. The van der Waals surface area contributed by atoms with Crippen molar-refractivity contribution in [3.8, 4) is 23.0 Å². The monoisotopic (exact) mass is 924 g/mol. The van der Waals surface area contributed by atoms with Crippen molar-refractivity contribution < 1.29 is 47.7 Å². The second-order valence-electron chi connectivity index (χ2n) is 15.6. The number of hydrogen-bond acceptors (Lipinski definition) is 13. The fourth-order valence-electron chi connectivity index (χ4n) is 6.63. The van der Waals surface area contributed by atoms with E-state index in [2.05, 4.69) is 31.3 Å². The quantitative estimate of drug-likeness (QED) is 0.0113. The Hall–Kier alpha value is -7.07. The minimum absolute atomic E-state index is 0.0262. The Labute approximate surface area is 383 Å². The number of carbonyl (C=O) groups excluding carboxylic acids is 4. The molecule has 0 spiro atoms. The van der Waals surface area contributed by atoms with Crippen LogP contribution in [0, 0.1) is 0 Å². The van der Waals surface area contributed by atoms with E-state index in [4.69, 9.17) is 53.0 Å². The Morgan fingerprint density at radius 2 is 1.20 bits per heavy atom. The van der Waals surface area contributed by atoms with Gasteiger partial charge in [-0.2, -0.15) is 0 Å². The van der Waals surface area contributed by atoms with Crippen molar-refractivity contribution in [1.82, 2.24) is 21.3 Å². The highest BCUT2D eigenvalue weighted by atomic mass is 16.5. The predicted octanol–water partition coefficient (Wildman–Crippen LogP) is -0.694. The molecular weight excluding hydrogens is 857 g/mol. The van der Waals surface area contributed by atoms with Crippen molar-refractivity contribution in [3.63, 3.8) is 0 Å². The van der Waals surface area contributed by atoms with Crippen molar-refractivity contribution in [2.75, 3.05) is 59.6 Å². The Balaban J connectivity index is 2.10. The predicted molar refractivity (Wildman–Crippen MR) is 252 cm³/mol. The van der Waals surface area contributed by atoms with E-state index < -0.39 is 48.9 Å². The van der Waals surface area contributed by atoms with Gasteiger partial charge in [0.15, 0.2) is 47.6 Å². The SMILES string of the molecule is COc1c(OCC(=O)NC(CCCN=C(N)N)C(=O)NCCN)cc2oc3cc(OCC(=O)NC(CCCN=C(N)N)C(=O)NCCN)c(CC=C(C)C)c(O)c3c(=[OH+])c2c1CC=C(C)C. The molecule has 4 amide bonds. The van der Waals surface area contributed by atoms with E-state index in [-0.39, 0.29) is 133 Å². The zero-order valence-electron chi connectivity index (χ0n) is 38.4. The normalized spacial score (nSPS) is 11.7. The van der Waals surface area contributed by atoms with Gasteiger partial charge >= 0.3 is 5.43 Å². The van der Waals surface area contributed by atoms with E-state index in [0.29, 0.717) is 18.4 Å². The molecule has 2 unspecified atom stereocenters. The first-order valence-electron chi connectivity index (χ1n) is 21.5. The molecule has 18 N–H and O–H groups in total. The second kappa shape index (κ2) is 26.7. The highest BCUT2D eigenvalue weighted by Crippen LogP contribution is 2.41. The van der Waals surface area contributed by atoms with Crippen molar-refractivity contribution in [2.45, 2.75) is 78.3 Å². The van der Waals surface area contributed by atoms with Crippen molar-refractivity contribution >= 4 is 57.5 Å². The summed E-state index contributed by atoms with van der Waals surface area (Å²) in [6.45, 7) is 7.65. The molecule has 22 nitrogen and oxygen atoms in total. The summed E-state index contributed by atoms with van der Waals surface area (Å²) in [5.41, 5.74) is 35.0.